The van der Waals surface area contributed by atoms with Gasteiger partial charge in [-0.3, -0.25) is 14.4 Å². The van der Waals surface area contributed by atoms with Crippen LogP contribution >= 0.6 is 11.8 Å². The number of nitrogens with one attached hydrogen (secondary N) is 2. The van der Waals surface area contributed by atoms with E-state index >= 15 is 0 Å². The Balaban J connectivity index is 1.33. The fourth-order valence-corrected chi connectivity index (χ4v) is 6.04. The zero-order chi connectivity index (χ0) is 18.8. The van der Waals surface area contributed by atoms with Crippen LogP contribution in [0.1, 0.15) is 51.4 Å². The second kappa shape index (κ2) is 8.39. The van der Waals surface area contributed by atoms with Gasteiger partial charge in [-0.1, -0.05) is 43.9 Å². The van der Waals surface area contributed by atoms with Gasteiger partial charge in [-0.2, -0.15) is 0 Å². The molecule has 150 valence electrons. The Bertz CT molecular complexity index is 590. The molecule has 1 saturated carbocycles. The van der Waals surface area contributed by atoms with E-state index in [1.807, 2.05) is 0 Å². The third kappa shape index (κ3) is 4.26. The van der Waals surface area contributed by atoms with Crippen molar-refractivity contribution < 1.29 is 19.7 Å². The number of piperazine rings is 1. The lowest BCUT2D eigenvalue weighted by Gasteiger charge is -2.44. The quantitative estimate of drug-likeness (QED) is 0.602. The highest BCUT2D eigenvalue weighted by atomic mass is 32.2. The van der Waals surface area contributed by atoms with Crippen molar-refractivity contribution in [1.82, 2.24) is 15.5 Å². The first-order valence-corrected chi connectivity index (χ1v) is 11.6. The molecule has 3 aliphatic heterocycles. The second-order valence-electron chi connectivity index (χ2n) is 8.46. The van der Waals surface area contributed by atoms with Gasteiger partial charge < -0.3 is 20.9 Å². The van der Waals surface area contributed by atoms with Gasteiger partial charge in [0.25, 0.3) is 5.91 Å². The van der Waals surface area contributed by atoms with E-state index in [0.717, 1.165) is 24.5 Å². The van der Waals surface area contributed by atoms with E-state index in [-0.39, 0.29) is 35.8 Å². The molecule has 0 aromatic carbocycles. The molecule has 0 bridgehead atoms. The van der Waals surface area contributed by atoms with Gasteiger partial charge in [-0.25, -0.2) is 0 Å². The smallest absolute Gasteiger partial charge is 0.279 e. The summed E-state index contributed by atoms with van der Waals surface area (Å²) in [7, 11) is 0. The maximum atomic E-state index is 12.9. The van der Waals surface area contributed by atoms with Crippen molar-refractivity contribution in [1.29, 1.82) is 0 Å². The fraction of sp³-hybridized carbons (Fsp3) is 0.842. The highest BCUT2D eigenvalue weighted by molar-refractivity contribution is 7.99. The average Bonchev–Trinajstić information content (AvgIpc) is 3.22. The number of fused-ring (bicyclic) bond motifs is 1. The summed E-state index contributed by atoms with van der Waals surface area (Å²) < 4.78 is 0. The molecule has 8 heteroatoms. The molecule has 0 aromatic rings. The zero-order valence-corrected chi connectivity index (χ0v) is 16.6. The van der Waals surface area contributed by atoms with Crippen molar-refractivity contribution in [2.45, 2.75) is 75.5 Å². The van der Waals surface area contributed by atoms with Crippen molar-refractivity contribution in [3.05, 3.63) is 0 Å². The van der Waals surface area contributed by atoms with Crippen LogP contribution in [-0.2, 0) is 14.4 Å². The van der Waals surface area contributed by atoms with Gasteiger partial charge in [-0.05, 0) is 25.2 Å². The van der Waals surface area contributed by atoms with Crippen molar-refractivity contribution in [2.75, 3.05) is 18.2 Å². The largest absolute Gasteiger partial charge is 0.348 e. The standard InChI is InChI=1S/C19H30N4O3S/c24-17(15-10-27-11-20-15)21-13-6-7-23-16(9-13)18(25)22-14(19(23)26)8-12-4-2-1-3-5-12/h12-16,20H,1-11H2,(H,21,24)(H,22,25)/p+1/t13-,14-,15-,16-/m0/s1. The molecule has 3 saturated heterocycles. The number of hydrogen-bond donors (Lipinski definition) is 3. The zero-order valence-electron chi connectivity index (χ0n) is 15.8. The normalized spacial score (nSPS) is 34.9. The van der Waals surface area contributed by atoms with Crippen LogP contribution in [0.15, 0.2) is 0 Å². The van der Waals surface area contributed by atoms with Crippen molar-refractivity contribution in [2.24, 2.45) is 5.92 Å². The Hall–Kier alpha value is -1.28. The lowest BCUT2D eigenvalue weighted by atomic mass is 9.83. The highest BCUT2D eigenvalue weighted by Crippen LogP contribution is 2.30. The summed E-state index contributed by atoms with van der Waals surface area (Å²) in [4.78, 5) is 39.7. The number of amides is 3. The van der Waals surface area contributed by atoms with E-state index in [9.17, 15) is 14.4 Å². The van der Waals surface area contributed by atoms with Crippen LogP contribution in [0.5, 0.6) is 0 Å². The summed E-state index contributed by atoms with van der Waals surface area (Å²) in [6, 6.07) is -0.824. The molecule has 4 atom stereocenters. The molecule has 4 N–H and O–H groups in total. The number of rotatable bonds is 4. The Labute approximate surface area is 164 Å². The summed E-state index contributed by atoms with van der Waals surface area (Å²) in [5.41, 5.74) is 0. The molecule has 4 rings (SSSR count). The lowest BCUT2D eigenvalue weighted by molar-refractivity contribution is -0.648. The molecule has 4 fully saturated rings. The molecule has 0 unspecified atom stereocenters. The first-order chi connectivity index (χ1) is 13.1. The van der Waals surface area contributed by atoms with E-state index in [4.69, 9.17) is 0 Å². The molecule has 4 aliphatic rings. The van der Waals surface area contributed by atoms with Gasteiger partial charge in [-0.15, -0.1) is 0 Å². The molecule has 0 spiro atoms. The van der Waals surface area contributed by atoms with E-state index < -0.39 is 6.04 Å². The molecule has 3 amide bonds. The number of piperidine rings is 1. The molecule has 3 heterocycles. The number of thioether (sulfide) groups is 1. The van der Waals surface area contributed by atoms with Gasteiger partial charge in [0.05, 0.1) is 5.75 Å². The van der Waals surface area contributed by atoms with Crippen molar-refractivity contribution in [3.63, 3.8) is 0 Å². The summed E-state index contributed by atoms with van der Waals surface area (Å²) in [5, 5.41) is 8.15. The van der Waals surface area contributed by atoms with E-state index in [1.165, 1.54) is 32.1 Å². The number of nitrogens with two attached hydrogens (primary N) is 1. The Morgan fingerprint density at radius 3 is 2.78 bits per heavy atom. The predicted molar refractivity (Wildman–Crippen MR) is 103 cm³/mol. The van der Waals surface area contributed by atoms with Gasteiger partial charge in [0, 0.05) is 12.6 Å². The average molecular weight is 396 g/mol. The molecule has 1 aliphatic carbocycles. The van der Waals surface area contributed by atoms with E-state index in [2.05, 4.69) is 16.0 Å². The minimum absolute atomic E-state index is 0.0188. The molecular formula is C19H31N4O3S+. The highest BCUT2D eigenvalue weighted by Gasteiger charge is 2.45. The molecular weight excluding hydrogens is 364 g/mol. The van der Waals surface area contributed by atoms with Gasteiger partial charge >= 0.3 is 0 Å². The first-order valence-electron chi connectivity index (χ1n) is 10.4. The topological polar surface area (TPSA) is 95.1 Å². The Morgan fingerprint density at radius 1 is 1.22 bits per heavy atom. The Kier molecular flexibility index (Phi) is 5.92. The van der Waals surface area contributed by atoms with Gasteiger partial charge in [0.15, 0.2) is 6.04 Å². The van der Waals surface area contributed by atoms with E-state index in [1.54, 1.807) is 16.7 Å². The molecule has 0 aromatic heterocycles. The minimum Gasteiger partial charge on any atom is -0.348 e. The maximum Gasteiger partial charge on any atom is 0.279 e. The number of hydrogen-bond acceptors (Lipinski definition) is 4. The van der Waals surface area contributed by atoms with Crippen LogP contribution in [0.4, 0.5) is 0 Å². The monoisotopic (exact) mass is 395 g/mol. The van der Waals surface area contributed by atoms with Crippen molar-refractivity contribution in [3.8, 4) is 0 Å². The van der Waals surface area contributed by atoms with E-state index in [0.29, 0.717) is 18.9 Å². The second-order valence-corrected chi connectivity index (χ2v) is 9.53. The van der Waals surface area contributed by atoms with Crippen LogP contribution in [0, 0.1) is 5.92 Å². The minimum atomic E-state index is -0.430. The number of quaternary nitrogens is 1. The molecule has 27 heavy (non-hydrogen) atoms. The fourth-order valence-electron chi connectivity index (χ4n) is 4.99. The predicted octanol–water partition coefficient (Wildman–Crippen LogP) is -0.433. The number of carbonyl (C=O) groups excluding carboxylic acids is 3. The third-order valence-electron chi connectivity index (χ3n) is 6.58. The van der Waals surface area contributed by atoms with Crippen molar-refractivity contribution >= 4 is 29.5 Å². The first kappa shape index (κ1) is 19.1. The van der Waals surface area contributed by atoms with Crippen LogP contribution in [0.2, 0.25) is 0 Å². The Morgan fingerprint density at radius 2 is 2.04 bits per heavy atom. The summed E-state index contributed by atoms with van der Waals surface area (Å²) in [6.07, 6.45) is 8.16. The van der Waals surface area contributed by atoms with Crippen LogP contribution in [0.25, 0.3) is 0 Å². The van der Waals surface area contributed by atoms with Gasteiger partial charge in [0.1, 0.15) is 18.0 Å². The van der Waals surface area contributed by atoms with Crippen LogP contribution in [0.3, 0.4) is 0 Å². The van der Waals surface area contributed by atoms with Gasteiger partial charge in [0.2, 0.25) is 11.8 Å². The SMILES string of the molecule is O=C(N[C@H]1CCN2C(=O)[C@H](CC3CCCCC3)NC(=O)[C@@H]2C1)[C@@H]1CSC[NH2+]1. The van der Waals surface area contributed by atoms with Crippen LogP contribution < -0.4 is 16.0 Å². The molecule has 0 radical (unpaired) electrons. The summed E-state index contributed by atoms with van der Waals surface area (Å²) in [5.74, 6) is 2.43. The summed E-state index contributed by atoms with van der Waals surface area (Å²) in [6.45, 7) is 0.562. The summed E-state index contributed by atoms with van der Waals surface area (Å²) >= 11 is 1.77. The number of nitrogens with zero attached hydrogens (tertiary/aromatic N) is 1. The maximum absolute atomic E-state index is 12.9. The lowest BCUT2D eigenvalue weighted by Crippen LogP contribution is -2.90. The molecule has 7 nitrogen and oxygen atoms in total. The third-order valence-corrected chi connectivity index (χ3v) is 7.60. The number of carbonyl (C=O) groups is 3. The van der Waals surface area contributed by atoms with Crippen LogP contribution in [-0.4, -0.2) is 65.0 Å².